The van der Waals surface area contributed by atoms with Crippen LogP contribution in [0, 0.1) is 5.92 Å². The minimum atomic E-state index is -4.47. The standard InChI is InChI=1S/C10H9F3O/c1-7(10(11,12)13)9(14)8-5-3-2-4-6-8/h2-7H,1H3. The summed E-state index contributed by atoms with van der Waals surface area (Å²) in [6.45, 7) is 0.870. The number of carbonyl (C=O) groups excluding carboxylic acids is 1. The molecular formula is C10H9F3O. The molecule has 1 rings (SSSR count). The zero-order chi connectivity index (χ0) is 10.8. The maximum Gasteiger partial charge on any atom is 0.398 e. The van der Waals surface area contributed by atoms with Crippen LogP contribution in [0.1, 0.15) is 17.3 Å². The van der Waals surface area contributed by atoms with E-state index in [1.807, 2.05) is 0 Å². The van der Waals surface area contributed by atoms with E-state index in [1.54, 1.807) is 6.07 Å². The number of carbonyl (C=O) groups is 1. The molecule has 0 aromatic heterocycles. The van der Waals surface area contributed by atoms with E-state index in [2.05, 4.69) is 0 Å². The number of halogens is 3. The quantitative estimate of drug-likeness (QED) is 0.673. The zero-order valence-corrected chi connectivity index (χ0v) is 7.51. The second-order valence-electron chi connectivity index (χ2n) is 2.99. The van der Waals surface area contributed by atoms with E-state index < -0.39 is 17.9 Å². The molecule has 1 aromatic rings. The lowest BCUT2D eigenvalue weighted by Gasteiger charge is -2.13. The van der Waals surface area contributed by atoms with Crippen molar-refractivity contribution in [1.82, 2.24) is 0 Å². The fourth-order valence-corrected chi connectivity index (χ4v) is 1.00. The van der Waals surface area contributed by atoms with Gasteiger partial charge in [-0.15, -0.1) is 0 Å². The Balaban J connectivity index is 2.87. The van der Waals surface area contributed by atoms with Gasteiger partial charge in [-0.1, -0.05) is 30.3 Å². The van der Waals surface area contributed by atoms with E-state index in [9.17, 15) is 18.0 Å². The van der Waals surface area contributed by atoms with Crippen molar-refractivity contribution in [3.8, 4) is 0 Å². The maximum atomic E-state index is 12.2. The summed E-state index contributed by atoms with van der Waals surface area (Å²) in [7, 11) is 0. The first-order valence-corrected chi connectivity index (χ1v) is 4.09. The highest BCUT2D eigenvalue weighted by Crippen LogP contribution is 2.28. The molecule has 0 saturated heterocycles. The second kappa shape index (κ2) is 3.82. The van der Waals surface area contributed by atoms with Gasteiger partial charge < -0.3 is 0 Å². The van der Waals surface area contributed by atoms with Gasteiger partial charge in [0.25, 0.3) is 0 Å². The Morgan fingerprint density at radius 2 is 1.71 bits per heavy atom. The fourth-order valence-electron chi connectivity index (χ4n) is 1.00. The zero-order valence-electron chi connectivity index (χ0n) is 7.51. The van der Waals surface area contributed by atoms with Crippen molar-refractivity contribution in [2.75, 3.05) is 0 Å². The van der Waals surface area contributed by atoms with E-state index in [0.717, 1.165) is 6.92 Å². The van der Waals surface area contributed by atoms with Crippen LogP contribution in [0.2, 0.25) is 0 Å². The van der Waals surface area contributed by atoms with Crippen LogP contribution in [0.5, 0.6) is 0 Å². The number of hydrogen-bond donors (Lipinski definition) is 0. The van der Waals surface area contributed by atoms with Gasteiger partial charge in [-0.3, -0.25) is 4.79 Å². The topological polar surface area (TPSA) is 17.1 Å². The van der Waals surface area contributed by atoms with Gasteiger partial charge in [0.15, 0.2) is 5.78 Å². The average molecular weight is 202 g/mol. The molecule has 76 valence electrons. The SMILES string of the molecule is CC(C(=O)c1ccccc1)C(F)(F)F. The molecule has 0 bridgehead atoms. The Morgan fingerprint density at radius 1 is 1.21 bits per heavy atom. The van der Waals surface area contributed by atoms with Crippen LogP contribution < -0.4 is 0 Å². The van der Waals surface area contributed by atoms with Crippen LogP contribution in [0.15, 0.2) is 30.3 Å². The molecule has 1 aromatic carbocycles. The molecule has 1 atom stereocenters. The third-order valence-corrected chi connectivity index (χ3v) is 1.94. The van der Waals surface area contributed by atoms with E-state index >= 15 is 0 Å². The summed E-state index contributed by atoms with van der Waals surface area (Å²) in [4.78, 5) is 11.3. The van der Waals surface area contributed by atoms with Crippen molar-refractivity contribution < 1.29 is 18.0 Å². The molecule has 0 aliphatic rings. The van der Waals surface area contributed by atoms with Crippen LogP contribution in [0.3, 0.4) is 0 Å². The maximum absolute atomic E-state index is 12.2. The number of hydrogen-bond acceptors (Lipinski definition) is 1. The molecule has 0 N–H and O–H groups in total. The Bertz CT molecular complexity index is 316. The predicted molar refractivity (Wildman–Crippen MR) is 46.0 cm³/mol. The molecule has 0 aliphatic carbocycles. The first-order chi connectivity index (χ1) is 6.43. The molecule has 14 heavy (non-hydrogen) atoms. The highest BCUT2D eigenvalue weighted by atomic mass is 19.4. The summed E-state index contributed by atoms with van der Waals surface area (Å²) in [5.74, 6) is -2.83. The van der Waals surface area contributed by atoms with Crippen LogP contribution in [-0.4, -0.2) is 12.0 Å². The van der Waals surface area contributed by atoms with E-state index in [1.165, 1.54) is 24.3 Å². The highest BCUT2D eigenvalue weighted by Gasteiger charge is 2.41. The lowest BCUT2D eigenvalue weighted by atomic mass is 9.99. The smallest absolute Gasteiger partial charge is 0.294 e. The van der Waals surface area contributed by atoms with Crippen molar-refractivity contribution in [1.29, 1.82) is 0 Å². The number of ketones is 1. The Kier molecular flexibility index (Phi) is 2.93. The van der Waals surface area contributed by atoms with Crippen LogP contribution in [0.25, 0.3) is 0 Å². The molecule has 1 nitrogen and oxygen atoms in total. The van der Waals surface area contributed by atoms with Crippen LogP contribution in [-0.2, 0) is 0 Å². The Hall–Kier alpha value is -1.32. The largest absolute Gasteiger partial charge is 0.398 e. The van der Waals surface area contributed by atoms with E-state index in [-0.39, 0.29) is 5.56 Å². The van der Waals surface area contributed by atoms with Gasteiger partial charge in [0, 0.05) is 5.56 Å². The normalized spacial score (nSPS) is 13.7. The number of benzene rings is 1. The second-order valence-corrected chi connectivity index (χ2v) is 2.99. The minimum absolute atomic E-state index is 0.0947. The van der Waals surface area contributed by atoms with E-state index in [4.69, 9.17) is 0 Å². The predicted octanol–water partition coefficient (Wildman–Crippen LogP) is 3.07. The van der Waals surface area contributed by atoms with Gasteiger partial charge in [-0.05, 0) is 6.92 Å². The molecule has 4 heteroatoms. The number of Topliss-reactive ketones (excluding diaryl/α,β-unsaturated/α-hetero) is 1. The van der Waals surface area contributed by atoms with Crippen molar-refractivity contribution in [3.05, 3.63) is 35.9 Å². The fraction of sp³-hybridized carbons (Fsp3) is 0.300. The third kappa shape index (κ3) is 2.34. The summed E-state index contributed by atoms with van der Waals surface area (Å²) in [6, 6.07) is 7.48. The van der Waals surface area contributed by atoms with Gasteiger partial charge in [-0.25, -0.2) is 0 Å². The molecule has 0 radical (unpaired) electrons. The van der Waals surface area contributed by atoms with Crippen molar-refractivity contribution in [2.24, 2.45) is 5.92 Å². The van der Waals surface area contributed by atoms with Crippen molar-refractivity contribution in [3.63, 3.8) is 0 Å². The molecule has 0 aliphatic heterocycles. The molecule has 0 fully saturated rings. The lowest BCUT2D eigenvalue weighted by molar-refractivity contribution is -0.155. The van der Waals surface area contributed by atoms with Crippen molar-refractivity contribution in [2.45, 2.75) is 13.1 Å². The molecule has 0 spiro atoms. The van der Waals surface area contributed by atoms with Gasteiger partial charge >= 0.3 is 6.18 Å². The number of rotatable bonds is 2. The molecule has 0 amide bonds. The van der Waals surface area contributed by atoms with E-state index in [0.29, 0.717) is 0 Å². The van der Waals surface area contributed by atoms with Crippen LogP contribution in [0.4, 0.5) is 13.2 Å². The average Bonchev–Trinajstić information content (AvgIpc) is 2.15. The molecule has 1 unspecified atom stereocenters. The minimum Gasteiger partial charge on any atom is -0.294 e. The molecular weight excluding hydrogens is 193 g/mol. The summed E-state index contributed by atoms with van der Waals surface area (Å²) in [5.41, 5.74) is 0.0947. The lowest BCUT2D eigenvalue weighted by Crippen LogP contribution is -2.27. The van der Waals surface area contributed by atoms with Gasteiger partial charge in [0.05, 0.1) is 0 Å². The Morgan fingerprint density at radius 3 is 2.14 bits per heavy atom. The third-order valence-electron chi connectivity index (χ3n) is 1.94. The molecule has 0 saturated carbocycles. The highest BCUT2D eigenvalue weighted by molar-refractivity contribution is 5.98. The summed E-state index contributed by atoms with van der Waals surface area (Å²) < 4.78 is 36.5. The van der Waals surface area contributed by atoms with Gasteiger partial charge in [0.1, 0.15) is 5.92 Å². The Labute approximate surface area is 79.5 Å². The first kappa shape index (κ1) is 10.8. The molecule has 0 heterocycles. The summed E-state index contributed by atoms with van der Waals surface area (Å²) in [5, 5.41) is 0. The first-order valence-electron chi connectivity index (χ1n) is 4.09. The number of alkyl halides is 3. The monoisotopic (exact) mass is 202 g/mol. The summed E-state index contributed by atoms with van der Waals surface area (Å²) in [6.07, 6.45) is -4.47. The van der Waals surface area contributed by atoms with Gasteiger partial charge in [-0.2, -0.15) is 13.2 Å². The van der Waals surface area contributed by atoms with Gasteiger partial charge in [0.2, 0.25) is 0 Å². The van der Waals surface area contributed by atoms with Crippen molar-refractivity contribution >= 4 is 5.78 Å². The summed E-state index contributed by atoms with van der Waals surface area (Å²) >= 11 is 0. The van der Waals surface area contributed by atoms with Crippen LogP contribution >= 0.6 is 0 Å².